The number of ether oxygens (including phenoxy) is 2. The van der Waals surface area contributed by atoms with Gasteiger partial charge in [-0.3, -0.25) is 0 Å². The predicted molar refractivity (Wildman–Crippen MR) is 88.6 cm³/mol. The molecule has 0 spiro atoms. The summed E-state index contributed by atoms with van der Waals surface area (Å²) in [5, 5.41) is 2.88. The van der Waals surface area contributed by atoms with Gasteiger partial charge >= 0.3 is 6.03 Å². The zero-order chi connectivity index (χ0) is 16.8. The summed E-state index contributed by atoms with van der Waals surface area (Å²) >= 11 is 0. The van der Waals surface area contributed by atoms with E-state index >= 15 is 0 Å². The number of nitrogens with one attached hydrogen (secondary N) is 1. The molecule has 1 aliphatic rings. The smallest absolute Gasteiger partial charge is 0.321 e. The molecule has 6 heteroatoms. The summed E-state index contributed by atoms with van der Waals surface area (Å²) < 4.78 is 23.9. The van der Waals surface area contributed by atoms with Gasteiger partial charge in [-0.15, -0.1) is 0 Å². The van der Waals surface area contributed by atoms with Crippen LogP contribution in [-0.4, -0.2) is 37.2 Å². The molecule has 1 N–H and O–H groups in total. The van der Waals surface area contributed by atoms with Crippen LogP contribution in [0.4, 0.5) is 14.9 Å². The summed E-state index contributed by atoms with van der Waals surface area (Å²) in [5.41, 5.74) is 1.59. The third-order valence-corrected chi connectivity index (χ3v) is 3.68. The standard InChI is InChI=1S/C18H19FN2O3/c19-15-4-2-6-17(12-15)24-13-14-3-1-5-16(11-14)20-18(22)21-7-9-23-10-8-21/h1-6,11-12H,7-10,13H2,(H,20,22). The average molecular weight is 330 g/mol. The molecule has 2 aromatic rings. The summed E-state index contributed by atoms with van der Waals surface area (Å²) in [4.78, 5) is 13.9. The molecule has 0 unspecified atom stereocenters. The molecule has 2 amide bonds. The van der Waals surface area contributed by atoms with Crippen LogP contribution in [0.3, 0.4) is 0 Å². The zero-order valence-corrected chi connectivity index (χ0v) is 13.2. The van der Waals surface area contributed by atoms with Crippen LogP contribution in [-0.2, 0) is 11.3 Å². The maximum Gasteiger partial charge on any atom is 0.321 e. The molecule has 1 aliphatic heterocycles. The first-order valence-electron chi connectivity index (χ1n) is 7.82. The van der Waals surface area contributed by atoms with Gasteiger partial charge < -0.3 is 19.7 Å². The zero-order valence-electron chi connectivity index (χ0n) is 13.2. The van der Waals surface area contributed by atoms with Crippen molar-refractivity contribution < 1.29 is 18.7 Å². The number of urea groups is 1. The van der Waals surface area contributed by atoms with Gasteiger partial charge in [-0.05, 0) is 29.8 Å². The molecule has 0 atom stereocenters. The molecule has 1 heterocycles. The Morgan fingerprint density at radius 2 is 1.96 bits per heavy atom. The fourth-order valence-corrected chi connectivity index (χ4v) is 2.43. The Kier molecular flexibility index (Phi) is 5.28. The minimum atomic E-state index is -0.334. The van der Waals surface area contributed by atoms with Crippen molar-refractivity contribution in [1.29, 1.82) is 0 Å². The normalized spacial score (nSPS) is 14.3. The number of anilines is 1. The number of hydrogen-bond acceptors (Lipinski definition) is 3. The van der Waals surface area contributed by atoms with Crippen molar-refractivity contribution in [2.75, 3.05) is 31.6 Å². The SMILES string of the molecule is O=C(Nc1cccc(COc2cccc(F)c2)c1)N1CCOCC1. The molecule has 126 valence electrons. The van der Waals surface area contributed by atoms with Crippen molar-refractivity contribution in [2.45, 2.75) is 6.61 Å². The maximum absolute atomic E-state index is 13.1. The van der Waals surface area contributed by atoms with Crippen LogP contribution in [0, 0.1) is 5.82 Å². The molecule has 0 aromatic heterocycles. The van der Waals surface area contributed by atoms with E-state index in [1.807, 2.05) is 24.3 Å². The number of hydrogen-bond donors (Lipinski definition) is 1. The third-order valence-electron chi connectivity index (χ3n) is 3.68. The van der Waals surface area contributed by atoms with Gasteiger partial charge in [0.05, 0.1) is 13.2 Å². The van der Waals surface area contributed by atoms with Crippen LogP contribution in [0.25, 0.3) is 0 Å². The lowest BCUT2D eigenvalue weighted by Gasteiger charge is -2.27. The lowest BCUT2D eigenvalue weighted by molar-refractivity contribution is 0.0564. The second kappa shape index (κ2) is 7.79. The second-order valence-corrected chi connectivity index (χ2v) is 5.48. The van der Waals surface area contributed by atoms with Gasteiger partial charge in [-0.25, -0.2) is 9.18 Å². The van der Waals surface area contributed by atoms with Crippen molar-refractivity contribution in [1.82, 2.24) is 4.90 Å². The first-order valence-corrected chi connectivity index (χ1v) is 7.82. The number of carbonyl (C=O) groups is 1. The quantitative estimate of drug-likeness (QED) is 0.936. The van der Waals surface area contributed by atoms with Crippen molar-refractivity contribution in [3.63, 3.8) is 0 Å². The minimum Gasteiger partial charge on any atom is -0.489 e. The molecule has 1 fully saturated rings. The molecule has 0 saturated carbocycles. The van der Waals surface area contributed by atoms with E-state index in [1.54, 1.807) is 17.0 Å². The number of amides is 2. The van der Waals surface area contributed by atoms with Crippen LogP contribution in [0.5, 0.6) is 5.75 Å². The van der Waals surface area contributed by atoms with Crippen molar-refractivity contribution in [3.05, 3.63) is 59.9 Å². The van der Waals surface area contributed by atoms with Crippen LogP contribution >= 0.6 is 0 Å². The first kappa shape index (κ1) is 16.3. The van der Waals surface area contributed by atoms with Gasteiger partial charge in [-0.1, -0.05) is 18.2 Å². The average Bonchev–Trinajstić information content (AvgIpc) is 2.61. The van der Waals surface area contributed by atoms with Gasteiger partial charge in [-0.2, -0.15) is 0 Å². The van der Waals surface area contributed by atoms with Crippen molar-refractivity contribution in [3.8, 4) is 5.75 Å². The summed E-state index contributed by atoms with van der Waals surface area (Å²) in [6.07, 6.45) is 0. The van der Waals surface area contributed by atoms with Gasteiger partial charge in [0.2, 0.25) is 0 Å². The molecular formula is C18H19FN2O3. The molecule has 3 rings (SSSR count). The molecular weight excluding hydrogens is 311 g/mol. The molecule has 2 aromatic carbocycles. The number of nitrogens with zero attached hydrogens (tertiary/aromatic N) is 1. The Labute approximate surface area is 140 Å². The molecule has 1 saturated heterocycles. The Balaban J connectivity index is 1.58. The van der Waals surface area contributed by atoms with E-state index in [-0.39, 0.29) is 11.8 Å². The summed E-state index contributed by atoms with van der Waals surface area (Å²) in [7, 11) is 0. The van der Waals surface area contributed by atoms with E-state index in [0.29, 0.717) is 44.3 Å². The number of halogens is 1. The second-order valence-electron chi connectivity index (χ2n) is 5.48. The molecule has 0 bridgehead atoms. The highest BCUT2D eigenvalue weighted by Crippen LogP contribution is 2.16. The fourth-order valence-electron chi connectivity index (χ4n) is 2.43. The lowest BCUT2D eigenvalue weighted by atomic mass is 10.2. The van der Waals surface area contributed by atoms with Crippen LogP contribution in [0.15, 0.2) is 48.5 Å². The molecule has 24 heavy (non-hydrogen) atoms. The van der Waals surface area contributed by atoms with E-state index in [2.05, 4.69) is 5.32 Å². The van der Waals surface area contributed by atoms with Gasteiger partial charge in [0.15, 0.2) is 0 Å². The van der Waals surface area contributed by atoms with Gasteiger partial charge in [0.25, 0.3) is 0 Å². The fraction of sp³-hybridized carbons (Fsp3) is 0.278. The van der Waals surface area contributed by atoms with E-state index in [4.69, 9.17) is 9.47 Å². The van der Waals surface area contributed by atoms with E-state index in [9.17, 15) is 9.18 Å². The van der Waals surface area contributed by atoms with Gasteiger partial charge in [0, 0.05) is 24.8 Å². The number of morpholine rings is 1. The highest BCUT2D eigenvalue weighted by molar-refractivity contribution is 5.89. The topological polar surface area (TPSA) is 50.8 Å². The third kappa shape index (κ3) is 4.45. The Hall–Kier alpha value is -2.60. The summed E-state index contributed by atoms with van der Waals surface area (Å²) in [6.45, 7) is 2.61. The highest BCUT2D eigenvalue weighted by Gasteiger charge is 2.16. The number of benzene rings is 2. The first-order chi connectivity index (χ1) is 11.7. The van der Waals surface area contributed by atoms with Crippen molar-refractivity contribution in [2.24, 2.45) is 0 Å². The Morgan fingerprint density at radius 3 is 2.75 bits per heavy atom. The largest absolute Gasteiger partial charge is 0.489 e. The molecule has 0 radical (unpaired) electrons. The van der Waals surface area contributed by atoms with E-state index in [1.165, 1.54) is 12.1 Å². The van der Waals surface area contributed by atoms with Crippen LogP contribution in [0.1, 0.15) is 5.56 Å². The van der Waals surface area contributed by atoms with E-state index in [0.717, 1.165) is 5.56 Å². The summed E-state index contributed by atoms with van der Waals surface area (Å²) in [5.74, 6) is 0.136. The minimum absolute atomic E-state index is 0.138. The van der Waals surface area contributed by atoms with Crippen LogP contribution in [0.2, 0.25) is 0 Å². The van der Waals surface area contributed by atoms with Crippen LogP contribution < -0.4 is 10.1 Å². The monoisotopic (exact) mass is 330 g/mol. The highest BCUT2D eigenvalue weighted by atomic mass is 19.1. The van der Waals surface area contributed by atoms with E-state index < -0.39 is 0 Å². The maximum atomic E-state index is 13.1. The lowest BCUT2D eigenvalue weighted by Crippen LogP contribution is -2.43. The number of rotatable bonds is 4. The molecule has 5 nitrogen and oxygen atoms in total. The molecule has 0 aliphatic carbocycles. The predicted octanol–water partition coefficient (Wildman–Crippen LogP) is 3.27. The number of carbonyl (C=O) groups excluding carboxylic acids is 1. The Bertz CT molecular complexity index is 702. The van der Waals surface area contributed by atoms with Crippen molar-refractivity contribution >= 4 is 11.7 Å². The Morgan fingerprint density at radius 1 is 1.17 bits per heavy atom. The van der Waals surface area contributed by atoms with Gasteiger partial charge in [0.1, 0.15) is 18.2 Å². The summed E-state index contributed by atoms with van der Waals surface area (Å²) in [6, 6.07) is 13.3.